The van der Waals surface area contributed by atoms with Crippen molar-refractivity contribution in [1.29, 1.82) is 0 Å². The predicted octanol–water partition coefficient (Wildman–Crippen LogP) is 2.35. The standard InChI is InChI=1S/C19H19N3O3/c23-17(21-16-10-9-12-5-1-4-8-15(12)20-16)11-22-18(24)13-6-2-3-7-14(13)19(22)25/h1,4-5,8-10,13-14H,2-3,6-7,11H2,(H,20,21,23). The molecule has 25 heavy (non-hydrogen) atoms. The smallest absolute Gasteiger partial charge is 0.245 e. The zero-order valence-electron chi connectivity index (χ0n) is 13.8. The highest BCUT2D eigenvalue weighted by atomic mass is 16.2. The number of nitrogens with one attached hydrogen (secondary N) is 1. The van der Waals surface area contributed by atoms with Crippen molar-refractivity contribution < 1.29 is 14.4 Å². The van der Waals surface area contributed by atoms with Crippen molar-refractivity contribution in [3.05, 3.63) is 36.4 Å². The highest BCUT2D eigenvalue weighted by Crippen LogP contribution is 2.37. The minimum atomic E-state index is -0.400. The molecule has 1 N–H and O–H groups in total. The van der Waals surface area contributed by atoms with Crippen molar-refractivity contribution >= 4 is 34.4 Å². The average Bonchev–Trinajstić information content (AvgIpc) is 2.87. The summed E-state index contributed by atoms with van der Waals surface area (Å²) in [5, 5.41) is 3.67. The number of aromatic nitrogens is 1. The van der Waals surface area contributed by atoms with E-state index in [-0.39, 0.29) is 30.2 Å². The van der Waals surface area contributed by atoms with Crippen LogP contribution < -0.4 is 5.32 Å². The molecule has 0 spiro atoms. The van der Waals surface area contributed by atoms with Crippen molar-refractivity contribution in [2.24, 2.45) is 11.8 Å². The predicted molar refractivity (Wildman–Crippen MR) is 92.5 cm³/mol. The first-order chi connectivity index (χ1) is 12.1. The first kappa shape index (κ1) is 15.7. The Bertz CT molecular complexity index is 840. The summed E-state index contributed by atoms with van der Waals surface area (Å²) in [6.07, 6.45) is 3.45. The van der Waals surface area contributed by atoms with Crippen LogP contribution in [-0.4, -0.2) is 34.2 Å². The van der Waals surface area contributed by atoms with Gasteiger partial charge in [0.25, 0.3) is 0 Å². The number of anilines is 1. The lowest BCUT2D eigenvalue weighted by Gasteiger charge is -2.19. The maximum absolute atomic E-state index is 12.4. The molecular formula is C19H19N3O3. The van der Waals surface area contributed by atoms with Gasteiger partial charge in [0.15, 0.2) is 0 Å². The minimum absolute atomic E-state index is 0.198. The van der Waals surface area contributed by atoms with Crippen molar-refractivity contribution in [3.63, 3.8) is 0 Å². The molecular weight excluding hydrogens is 318 g/mol. The number of imide groups is 1. The zero-order valence-corrected chi connectivity index (χ0v) is 13.8. The zero-order chi connectivity index (χ0) is 17.4. The summed E-state index contributed by atoms with van der Waals surface area (Å²) in [7, 11) is 0. The number of hydrogen-bond acceptors (Lipinski definition) is 4. The number of fused-ring (bicyclic) bond motifs is 2. The van der Waals surface area contributed by atoms with E-state index < -0.39 is 5.91 Å². The topological polar surface area (TPSA) is 79.4 Å². The van der Waals surface area contributed by atoms with E-state index in [0.29, 0.717) is 5.82 Å². The number of benzene rings is 1. The van der Waals surface area contributed by atoms with Gasteiger partial charge in [-0.3, -0.25) is 19.3 Å². The van der Waals surface area contributed by atoms with Crippen LogP contribution in [0.1, 0.15) is 25.7 Å². The van der Waals surface area contributed by atoms with Gasteiger partial charge in [-0.25, -0.2) is 4.98 Å². The van der Waals surface area contributed by atoms with E-state index in [1.807, 2.05) is 30.3 Å². The normalized spacial score (nSPS) is 23.0. The van der Waals surface area contributed by atoms with Crippen molar-refractivity contribution in [2.45, 2.75) is 25.7 Å². The molecule has 2 aromatic rings. The number of para-hydroxylation sites is 1. The van der Waals surface area contributed by atoms with Crippen LogP contribution in [0, 0.1) is 11.8 Å². The second-order valence-electron chi connectivity index (χ2n) is 6.70. The van der Waals surface area contributed by atoms with Gasteiger partial charge in [-0.2, -0.15) is 0 Å². The average molecular weight is 337 g/mol. The molecule has 6 heteroatoms. The molecule has 1 aromatic carbocycles. The molecule has 1 aromatic heterocycles. The Labute approximate surface area is 145 Å². The summed E-state index contributed by atoms with van der Waals surface area (Å²) in [5.74, 6) is -0.836. The molecule has 128 valence electrons. The van der Waals surface area contributed by atoms with Crippen LogP contribution in [0.4, 0.5) is 5.82 Å². The van der Waals surface area contributed by atoms with E-state index >= 15 is 0 Å². The number of pyridine rings is 1. The Balaban J connectivity index is 1.46. The Hall–Kier alpha value is -2.76. The lowest BCUT2D eigenvalue weighted by atomic mass is 9.81. The van der Waals surface area contributed by atoms with Gasteiger partial charge in [0, 0.05) is 5.39 Å². The maximum atomic E-state index is 12.4. The second-order valence-corrected chi connectivity index (χ2v) is 6.70. The molecule has 2 heterocycles. The lowest BCUT2D eigenvalue weighted by Crippen LogP contribution is -2.38. The molecule has 2 fully saturated rings. The van der Waals surface area contributed by atoms with E-state index in [1.54, 1.807) is 6.07 Å². The fourth-order valence-corrected chi connectivity index (χ4v) is 3.85. The van der Waals surface area contributed by atoms with E-state index in [0.717, 1.165) is 41.5 Å². The molecule has 2 unspecified atom stereocenters. The summed E-state index contributed by atoms with van der Waals surface area (Å²) >= 11 is 0. The van der Waals surface area contributed by atoms with Gasteiger partial charge in [0.1, 0.15) is 12.4 Å². The third-order valence-electron chi connectivity index (χ3n) is 5.10. The van der Waals surface area contributed by atoms with Crippen LogP contribution in [0.5, 0.6) is 0 Å². The largest absolute Gasteiger partial charge is 0.309 e. The number of likely N-dealkylation sites (tertiary alicyclic amines) is 1. The molecule has 1 aliphatic heterocycles. The summed E-state index contributed by atoms with van der Waals surface area (Å²) in [5.41, 5.74) is 0.777. The third-order valence-corrected chi connectivity index (χ3v) is 5.10. The molecule has 1 aliphatic carbocycles. The Morgan fingerprint density at radius 3 is 2.44 bits per heavy atom. The molecule has 6 nitrogen and oxygen atoms in total. The van der Waals surface area contributed by atoms with E-state index in [4.69, 9.17) is 0 Å². The van der Waals surface area contributed by atoms with Gasteiger partial charge < -0.3 is 5.32 Å². The molecule has 2 aliphatic rings. The minimum Gasteiger partial charge on any atom is -0.309 e. The lowest BCUT2D eigenvalue weighted by molar-refractivity contribution is -0.142. The molecule has 2 atom stereocenters. The Morgan fingerprint density at radius 1 is 1.04 bits per heavy atom. The summed E-state index contributed by atoms with van der Waals surface area (Å²) in [4.78, 5) is 42.7. The van der Waals surface area contributed by atoms with Gasteiger partial charge in [0.05, 0.1) is 17.4 Å². The van der Waals surface area contributed by atoms with Gasteiger partial charge in [-0.15, -0.1) is 0 Å². The van der Waals surface area contributed by atoms with Gasteiger partial charge in [0.2, 0.25) is 17.7 Å². The number of hydrogen-bond donors (Lipinski definition) is 1. The van der Waals surface area contributed by atoms with Crippen molar-refractivity contribution in [3.8, 4) is 0 Å². The van der Waals surface area contributed by atoms with E-state index in [9.17, 15) is 14.4 Å². The van der Waals surface area contributed by atoms with Crippen molar-refractivity contribution in [1.82, 2.24) is 9.88 Å². The number of carbonyl (C=O) groups excluding carboxylic acids is 3. The van der Waals surface area contributed by atoms with Gasteiger partial charge >= 0.3 is 0 Å². The van der Waals surface area contributed by atoms with Crippen LogP contribution in [0.2, 0.25) is 0 Å². The first-order valence-electron chi connectivity index (χ1n) is 8.64. The Morgan fingerprint density at radius 2 is 1.72 bits per heavy atom. The van der Waals surface area contributed by atoms with Crippen LogP contribution >= 0.6 is 0 Å². The van der Waals surface area contributed by atoms with Gasteiger partial charge in [-0.05, 0) is 31.0 Å². The van der Waals surface area contributed by atoms with Crippen LogP contribution in [0.25, 0.3) is 10.9 Å². The van der Waals surface area contributed by atoms with E-state index in [2.05, 4.69) is 10.3 Å². The molecule has 4 rings (SSSR count). The highest BCUT2D eigenvalue weighted by molar-refractivity contribution is 6.08. The summed E-state index contributed by atoms with van der Waals surface area (Å²) < 4.78 is 0. The molecule has 1 saturated heterocycles. The highest BCUT2D eigenvalue weighted by Gasteiger charge is 2.48. The number of amides is 3. The Kier molecular flexibility index (Phi) is 3.95. The number of rotatable bonds is 3. The first-order valence-corrected chi connectivity index (χ1v) is 8.64. The second kappa shape index (κ2) is 6.27. The summed E-state index contributed by atoms with van der Waals surface area (Å²) in [6, 6.07) is 11.2. The third kappa shape index (κ3) is 2.88. The number of carbonyl (C=O) groups is 3. The molecule has 0 radical (unpaired) electrons. The molecule has 3 amide bonds. The fourth-order valence-electron chi connectivity index (χ4n) is 3.85. The van der Waals surface area contributed by atoms with Crippen LogP contribution in [0.3, 0.4) is 0 Å². The fraction of sp³-hybridized carbons (Fsp3) is 0.368. The monoisotopic (exact) mass is 337 g/mol. The SMILES string of the molecule is O=C(CN1C(=O)C2CCCCC2C1=O)Nc1ccc2ccccc2n1. The van der Waals surface area contributed by atoms with E-state index in [1.165, 1.54) is 0 Å². The van der Waals surface area contributed by atoms with Gasteiger partial charge in [-0.1, -0.05) is 31.0 Å². The molecule has 1 saturated carbocycles. The van der Waals surface area contributed by atoms with Crippen LogP contribution in [0.15, 0.2) is 36.4 Å². The number of nitrogens with zero attached hydrogens (tertiary/aromatic N) is 2. The molecule has 0 bridgehead atoms. The van der Waals surface area contributed by atoms with Crippen molar-refractivity contribution in [2.75, 3.05) is 11.9 Å². The quantitative estimate of drug-likeness (QED) is 0.872. The maximum Gasteiger partial charge on any atom is 0.245 e. The van der Waals surface area contributed by atoms with Crippen LogP contribution in [-0.2, 0) is 14.4 Å². The summed E-state index contributed by atoms with van der Waals surface area (Å²) in [6.45, 7) is -0.237.